The van der Waals surface area contributed by atoms with E-state index in [2.05, 4.69) is 24.1 Å². The molecule has 17 heavy (non-hydrogen) atoms. The Morgan fingerprint density at radius 2 is 2.24 bits per heavy atom. The number of aromatic nitrogens is 1. The highest BCUT2D eigenvalue weighted by molar-refractivity contribution is 5.32. The maximum atomic E-state index is 5.69. The zero-order valence-electron chi connectivity index (χ0n) is 10.9. The molecule has 1 aromatic heterocycles. The van der Waals surface area contributed by atoms with Gasteiger partial charge in [0.25, 0.3) is 0 Å². The Hall–Kier alpha value is -1.13. The zero-order valence-corrected chi connectivity index (χ0v) is 10.9. The van der Waals surface area contributed by atoms with Crippen molar-refractivity contribution in [3.63, 3.8) is 0 Å². The summed E-state index contributed by atoms with van der Waals surface area (Å²) in [4.78, 5) is 4.00. The number of ether oxygens (including phenoxy) is 1. The largest absolute Gasteiger partial charge is 0.384 e. The number of nitrogens with zero attached hydrogens (tertiary/aromatic N) is 1. The first-order valence-corrected chi connectivity index (χ1v) is 6.17. The molecule has 2 unspecified atom stereocenters. The molecule has 4 nitrogen and oxygen atoms in total. The van der Waals surface area contributed by atoms with Gasteiger partial charge >= 0.3 is 0 Å². The van der Waals surface area contributed by atoms with E-state index in [0.29, 0.717) is 11.9 Å². The molecule has 4 heteroatoms. The summed E-state index contributed by atoms with van der Waals surface area (Å²) < 4.78 is 5.51. The van der Waals surface area contributed by atoms with Gasteiger partial charge in [0.2, 0.25) is 0 Å². The number of pyridine rings is 1. The fourth-order valence-electron chi connectivity index (χ4n) is 2.09. The first-order chi connectivity index (χ1) is 8.21. The van der Waals surface area contributed by atoms with Crippen LogP contribution in [0.2, 0.25) is 0 Å². The van der Waals surface area contributed by atoms with E-state index in [0.717, 1.165) is 19.4 Å². The van der Waals surface area contributed by atoms with E-state index in [9.17, 15) is 0 Å². The Labute approximate surface area is 104 Å². The van der Waals surface area contributed by atoms with Gasteiger partial charge in [-0.05, 0) is 37.1 Å². The molecule has 0 aliphatic rings. The SMILES string of the molecule is CCNC(Cc1ccnc(N)c1)C(CC)OC. The van der Waals surface area contributed by atoms with Gasteiger partial charge in [-0.2, -0.15) is 0 Å². The van der Waals surface area contributed by atoms with E-state index in [1.807, 2.05) is 12.1 Å². The minimum Gasteiger partial charge on any atom is -0.384 e. The van der Waals surface area contributed by atoms with Crippen molar-refractivity contribution in [3.05, 3.63) is 23.9 Å². The molecule has 0 radical (unpaired) electrons. The highest BCUT2D eigenvalue weighted by atomic mass is 16.5. The van der Waals surface area contributed by atoms with Crippen molar-refractivity contribution >= 4 is 5.82 Å². The molecule has 1 aromatic rings. The number of hydrogen-bond donors (Lipinski definition) is 2. The van der Waals surface area contributed by atoms with Crippen LogP contribution in [0.4, 0.5) is 5.82 Å². The van der Waals surface area contributed by atoms with Crippen molar-refractivity contribution in [2.45, 2.75) is 38.8 Å². The quantitative estimate of drug-likeness (QED) is 0.756. The third-order valence-corrected chi connectivity index (χ3v) is 2.92. The number of nitrogens with one attached hydrogen (secondary N) is 1. The van der Waals surface area contributed by atoms with Crippen LogP contribution >= 0.6 is 0 Å². The Balaban J connectivity index is 2.71. The van der Waals surface area contributed by atoms with Gasteiger partial charge in [-0.3, -0.25) is 0 Å². The third-order valence-electron chi connectivity index (χ3n) is 2.92. The highest BCUT2D eigenvalue weighted by Crippen LogP contribution is 2.12. The predicted octanol–water partition coefficient (Wildman–Crippen LogP) is 1.61. The Bertz CT molecular complexity index is 326. The molecule has 0 saturated carbocycles. The second-order valence-corrected chi connectivity index (χ2v) is 4.14. The molecule has 0 aliphatic carbocycles. The van der Waals surface area contributed by atoms with Crippen LogP contribution in [-0.4, -0.2) is 30.8 Å². The molecular weight excluding hydrogens is 214 g/mol. The van der Waals surface area contributed by atoms with Gasteiger partial charge in [-0.25, -0.2) is 4.98 Å². The van der Waals surface area contributed by atoms with Crippen LogP contribution in [-0.2, 0) is 11.2 Å². The first kappa shape index (κ1) is 13.9. The maximum Gasteiger partial charge on any atom is 0.123 e. The fourth-order valence-corrected chi connectivity index (χ4v) is 2.09. The van der Waals surface area contributed by atoms with Crippen LogP contribution in [0.3, 0.4) is 0 Å². The van der Waals surface area contributed by atoms with E-state index >= 15 is 0 Å². The van der Waals surface area contributed by atoms with Crippen LogP contribution in [0.1, 0.15) is 25.8 Å². The average Bonchev–Trinajstić information content (AvgIpc) is 2.31. The topological polar surface area (TPSA) is 60.2 Å². The lowest BCUT2D eigenvalue weighted by Gasteiger charge is -2.26. The van der Waals surface area contributed by atoms with Gasteiger partial charge in [-0.15, -0.1) is 0 Å². The van der Waals surface area contributed by atoms with E-state index in [1.165, 1.54) is 5.56 Å². The lowest BCUT2D eigenvalue weighted by atomic mass is 10.00. The monoisotopic (exact) mass is 237 g/mol. The number of likely N-dealkylation sites (N-methyl/N-ethyl adjacent to an activating group) is 1. The lowest BCUT2D eigenvalue weighted by Crippen LogP contribution is -2.42. The van der Waals surface area contributed by atoms with E-state index in [-0.39, 0.29) is 6.10 Å². The molecule has 0 spiro atoms. The van der Waals surface area contributed by atoms with Crippen molar-refractivity contribution < 1.29 is 4.74 Å². The average molecular weight is 237 g/mol. The number of hydrogen-bond acceptors (Lipinski definition) is 4. The first-order valence-electron chi connectivity index (χ1n) is 6.17. The van der Waals surface area contributed by atoms with Gasteiger partial charge in [0.15, 0.2) is 0 Å². The zero-order chi connectivity index (χ0) is 12.7. The second kappa shape index (κ2) is 7.25. The molecule has 0 aliphatic heterocycles. The summed E-state index contributed by atoms with van der Waals surface area (Å²) in [6.45, 7) is 5.18. The van der Waals surface area contributed by atoms with E-state index < -0.39 is 0 Å². The molecule has 1 heterocycles. The van der Waals surface area contributed by atoms with Gasteiger partial charge in [0.05, 0.1) is 6.10 Å². The van der Waals surface area contributed by atoms with Crippen molar-refractivity contribution in [2.24, 2.45) is 0 Å². The predicted molar refractivity (Wildman–Crippen MR) is 70.9 cm³/mol. The summed E-state index contributed by atoms with van der Waals surface area (Å²) in [5.74, 6) is 0.572. The lowest BCUT2D eigenvalue weighted by molar-refractivity contribution is 0.0658. The van der Waals surface area contributed by atoms with Crippen LogP contribution in [0.5, 0.6) is 0 Å². The van der Waals surface area contributed by atoms with Crippen molar-refractivity contribution in [3.8, 4) is 0 Å². The summed E-state index contributed by atoms with van der Waals surface area (Å²) in [5, 5.41) is 3.47. The summed E-state index contributed by atoms with van der Waals surface area (Å²) in [7, 11) is 1.76. The minimum atomic E-state index is 0.226. The standard InChI is InChI=1S/C13H23N3O/c1-4-12(17-3)11(15-5-2)8-10-6-7-16-13(14)9-10/h6-7,9,11-12,15H,4-5,8H2,1-3H3,(H2,14,16). The summed E-state index contributed by atoms with van der Waals surface area (Å²) >= 11 is 0. The number of methoxy groups -OCH3 is 1. The third kappa shape index (κ3) is 4.32. The smallest absolute Gasteiger partial charge is 0.123 e. The molecular formula is C13H23N3O. The van der Waals surface area contributed by atoms with Gasteiger partial charge in [0.1, 0.15) is 5.82 Å². The minimum absolute atomic E-state index is 0.226. The van der Waals surface area contributed by atoms with Crippen LogP contribution in [0, 0.1) is 0 Å². The summed E-state index contributed by atoms with van der Waals surface area (Å²) in [5.41, 5.74) is 6.88. The molecule has 0 amide bonds. The van der Waals surface area contributed by atoms with Gasteiger partial charge in [0, 0.05) is 19.3 Å². The van der Waals surface area contributed by atoms with Crippen molar-refractivity contribution in [2.75, 3.05) is 19.4 Å². The summed E-state index contributed by atoms with van der Waals surface area (Å²) in [6.07, 6.45) is 3.88. The molecule has 0 bridgehead atoms. The van der Waals surface area contributed by atoms with E-state index in [1.54, 1.807) is 13.3 Å². The molecule has 3 N–H and O–H groups in total. The van der Waals surface area contributed by atoms with Crippen LogP contribution < -0.4 is 11.1 Å². The van der Waals surface area contributed by atoms with E-state index in [4.69, 9.17) is 10.5 Å². The molecule has 96 valence electrons. The van der Waals surface area contributed by atoms with Crippen LogP contribution in [0.25, 0.3) is 0 Å². The Morgan fingerprint density at radius 1 is 1.47 bits per heavy atom. The molecule has 2 atom stereocenters. The highest BCUT2D eigenvalue weighted by Gasteiger charge is 2.18. The summed E-state index contributed by atoms with van der Waals surface area (Å²) in [6, 6.07) is 4.24. The van der Waals surface area contributed by atoms with Crippen LogP contribution in [0.15, 0.2) is 18.3 Å². The number of anilines is 1. The van der Waals surface area contributed by atoms with Gasteiger partial charge in [-0.1, -0.05) is 13.8 Å². The second-order valence-electron chi connectivity index (χ2n) is 4.14. The molecule has 0 saturated heterocycles. The normalized spacial score (nSPS) is 14.5. The number of nitrogens with two attached hydrogens (primary N) is 1. The Morgan fingerprint density at radius 3 is 2.76 bits per heavy atom. The molecule has 1 rings (SSSR count). The van der Waals surface area contributed by atoms with Crippen molar-refractivity contribution in [1.29, 1.82) is 0 Å². The maximum absolute atomic E-state index is 5.69. The molecule has 0 aromatic carbocycles. The Kier molecular flexibility index (Phi) is 5.94. The molecule has 0 fully saturated rings. The number of nitrogen functional groups attached to an aromatic ring is 1. The fraction of sp³-hybridized carbons (Fsp3) is 0.615. The van der Waals surface area contributed by atoms with Crippen molar-refractivity contribution in [1.82, 2.24) is 10.3 Å². The number of rotatable bonds is 7. The van der Waals surface area contributed by atoms with Gasteiger partial charge < -0.3 is 15.8 Å².